The Labute approximate surface area is 222 Å². The minimum absolute atomic E-state index is 0.0724. The maximum atomic E-state index is 15.2. The molecule has 0 bridgehead atoms. The van der Waals surface area contributed by atoms with Gasteiger partial charge in [0, 0.05) is 39.8 Å². The number of ether oxygens (including phenoxy) is 2. The van der Waals surface area contributed by atoms with Crippen LogP contribution in [0.3, 0.4) is 0 Å². The molecule has 4 rings (SSSR count). The molecule has 188 valence electrons. The van der Waals surface area contributed by atoms with Gasteiger partial charge in [0.05, 0.1) is 11.6 Å². The molecule has 0 radical (unpaired) electrons. The van der Waals surface area contributed by atoms with E-state index < -0.39 is 5.82 Å². The van der Waals surface area contributed by atoms with E-state index in [1.54, 1.807) is 23.9 Å². The van der Waals surface area contributed by atoms with Crippen molar-refractivity contribution in [1.82, 2.24) is 10.3 Å². The van der Waals surface area contributed by atoms with Crippen LogP contribution in [0.15, 0.2) is 54.6 Å². The fourth-order valence-corrected chi connectivity index (χ4v) is 4.38. The average Bonchev–Trinajstić information content (AvgIpc) is 3.27. The summed E-state index contributed by atoms with van der Waals surface area (Å²) in [6.45, 7) is 0.558. The number of nitrogen functional groups attached to an aromatic ring is 1. The summed E-state index contributed by atoms with van der Waals surface area (Å²) in [4.78, 5) is 15.8. The number of amides is 1. The maximum Gasteiger partial charge on any atom is 0.267 e. The second kappa shape index (κ2) is 11.8. The van der Waals surface area contributed by atoms with Crippen LogP contribution in [0.25, 0.3) is 10.9 Å². The van der Waals surface area contributed by atoms with Crippen molar-refractivity contribution in [3.8, 4) is 17.2 Å². The lowest BCUT2D eigenvalue weighted by atomic mass is 10.2. The normalized spacial score (nSPS) is 11.0. The van der Waals surface area contributed by atoms with Crippen LogP contribution in [0.4, 0.5) is 10.1 Å². The van der Waals surface area contributed by atoms with Gasteiger partial charge >= 0.3 is 0 Å². The van der Waals surface area contributed by atoms with Gasteiger partial charge in [-0.05, 0) is 60.9 Å². The number of nitrogens with two attached hydrogens (primary N) is 1. The molecule has 0 fully saturated rings. The third kappa shape index (κ3) is 6.37. The Morgan fingerprint density at radius 1 is 1.11 bits per heavy atom. The van der Waals surface area contributed by atoms with Crippen molar-refractivity contribution in [2.75, 3.05) is 24.3 Å². The molecule has 36 heavy (non-hydrogen) atoms. The molecule has 0 atom stereocenters. The Morgan fingerprint density at radius 3 is 2.72 bits per heavy atom. The molecule has 6 nitrogen and oxygen atoms in total. The highest BCUT2D eigenvalue weighted by Gasteiger charge is 2.17. The number of halogens is 3. The summed E-state index contributed by atoms with van der Waals surface area (Å²) in [6.07, 6.45) is 3.02. The minimum Gasteiger partial charge on any atom is -0.494 e. The van der Waals surface area contributed by atoms with E-state index in [-0.39, 0.29) is 34.5 Å². The number of hydrogen-bond acceptors (Lipinski definition) is 5. The van der Waals surface area contributed by atoms with E-state index in [4.69, 9.17) is 38.4 Å². The molecule has 1 amide bonds. The number of rotatable bonds is 10. The number of nitrogens with one attached hydrogen (secondary N) is 2. The zero-order chi connectivity index (χ0) is 25.7. The number of H-pyrrole nitrogens is 1. The molecule has 1 heterocycles. The van der Waals surface area contributed by atoms with Gasteiger partial charge in [-0.2, -0.15) is 11.8 Å². The smallest absolute Gasteiger partial charge is 0.267 e. The van der Waals surface area contributed by atoms with Crippen LogP contribution in [0.5, 0.6) is 17.2 Å². The Bertz CT molecular complexity index is 1380. The Hall–Kier alpha value is -3.07. The first-order chi connectivity index (χ1) is 17.3. The van der Waals surface area contributed by atoms with Gasteiger partial charge in [0.2, 0.25) is 0 Å². The first kappa shape index (κ1) is 26.0. The first-order valence-electron chi connectivity index (χ1n) is 11.1. The lowest BCUT2D eigenvalue weighted by Crippen LogP contribution is -2.23. The molecular formula is C26H24Cl2FN3O3S. The number of fused-ring (bicyclic) bond motifs is 1. The Kier molecular flexibility index (Phi) is 8.51. The van der Waals surface area contributed by atoms with E-state index in [2.05, 4.69) is 16.6 Å². The number of carbonyl (C=O) groups is 1. The van der Waals surface area contributed by atoms with Crippen molar-refractivity contribution < 1.29 is 18.7 Å². The number of hydrogen-bond donors (Lipinski definition) is 3. The molecule has 0 unspecified atom stereocenters. The first-order valence-corrected chi connectivity index (χ1v) is 13.2. The van der Waals surface area contributed by atoms with E-state index in [9.17, 15) is 4.79 Å². The van der Waals surface area contributed by atoms with Crippen molar-refractivity contribution in [3.05, 3.63) is 81.7 Å². The third-order valence-corrected chi connectivity index (χ3v) is 6.49. The summed E-state index contributed by atoms with van der Waals surface area (Å²) in [5.41, 5.74) is 7.49. The zero-order valence-electron chi connectivity index (χ0n) is 19.4. The maximum absolute atomic E-state index is 15.2. The summed E-state index contributed by atoms with van der Waals surface area (Å²) in [5, 5.41) is 3.99. The molecule has 1 aromatic heterocycles. The van der Waals surface area contributed by atoms with Crippen LogP contribution < -0.4 is 20.5 Å². The van der Waals surface area contributed by atoms with Gasteiger partial charge in [-0.1, -0.05) is 29.3 Å². The van der Waals surface area contributed by atoms with Gasteiger partial charge in [-0.3, -0.25) is 4.79 Å². The molecule has 0 aliphatic heterocycles. The Morgan fingerprint density at radius 2 is 1.94 bits per heavy atom. The summed E-state index contributed by atoms with van der Waals surface area (Å²) < 4.78 is 26.6. The van der Waals surface area contributed by atoms with Gasteiger partial charge < -0.3 is 25.5 Å². The molecule has 10 heteroatoms. The highest BCUT2D eigenvalue weighted by molar-refractivity contribution is 7.98. The second-order valence-corrected chi connectivity index (χ2v) is 9.81. The number of aromatic nitrogens is 1. The van der Waals surface area contributed by atoms with E-state index in [0.29, 0.717) is 23.0 Å². The third-order valence-electron chi connectivity index (χ3n) is 5.28. The lowest BCUT2D eigenvalue weighted by Gasteiger charge is -2.13. The fourth-order valence-electron chi connectivity index (χ4n) is 3.55. The van der Waals surface area contributed by atoms with Crippen LogP contribution in [0.1, 0.15) is 22.5 Å². The second-order valence-electron chi connectivity index (χ2n) is 7.98. The highest BCUT2D eigenvalue weighted by atomic mass is 35.5. The summed E-state index contributed by atoms with van der Waals surface area (Å²) in [7, 11) is 0. The molecule has 0 aliphatic carbocycles. The van der Waals surface area contributed by atoms with Gasteiger partial charge in [0.15, 0.2) is 11.6 Å². The van der Waals surface area contributed by atoms with Crippen molar-refractivity contribution in [1.29, 1.82) is 0 Å². The highest BCUT2D eigenvalue weighted by Crippen LogP contribution is 2.35. The number of anilines is 1. The van der Waals surface area contributed by atoms with E-state index in [1.807, 2.05) is 18.2 Å². The minimum atomic E-state index is -0.693. The van der Waals surface area contributed by atoms with Gasteiger partial charge in [-0.15, -0.1) is 0 Å². The quantitative estimate of drug-likeness (QED) is 0.146. The van der Waals surface area contributed by atoms with Gasteiger partial charge in [0.1, 0.15) is 17.2 Å². The number of benzene rings is 3. The SMILES string of the molecule is CSCCCOc1ccc2[nH]c(C(=O)NCc3ccc(Cl)c(Oc4cc(N)cc(Cl)c4)c3F)cc2c1. The standard InChI is InChI=1S/C26H24Cl2FN3O3S/c1-36-8-2-7-34-19-4-6-22-16(9-19)10-23(32-22)26(33)31-14-15-3-5-21(28)25(24(15)29)35-20-12-17(27)11-18(30)13-20/h3-6,9-13,32H,2,7-8,14,30H2,1H3,(H,31,33). The van der Waals surface area contributed by atoms with E-state index in [0.717, 1.165) is 28.8 Å². The Balaban J connectivity index is 1.44. The number of thioether (sulfide) groups is 1. The van der Waals surface area contributed by atoms with E-state index in [1.165, 1.54) is 24.3 Å². The van der Waals surface area contributed by atoms with Crippen LogP contribution >= 0.6 is 35.0 Å². The zero-order valence-corrected chi connectivity index (χ0v) is 21.7. The predicted octanol–water partition coefficient (Wildman–Crippen LogP) is 7.05. The molecule has 0 spiro atoms. The summed E-state index contributed by atoms with van der Waals surface area (Å²) >= 11 is 13.9. The molecule has 4 N–H and O–H groups in total. The van der Waals surface area contributed by atoms with Gasteiger partial charge in [-0.25, -0.2) is 4.39 Å². The van der Waals surface area contributed by atoms with Crippen molar-refractivity contribution in [2.24, 2.45) is 0 Å². The van der Waals surface area contributed by atoms with Crippen LogP contribution in [0, 0.1) is 5.82 Å². The molecule has 3 aromatic carbocycles. The van der Waals surface area contributed by atoms with Crippen LogP contribution in [0.2, 0.25) is 10.0 Å². The molecule has 4 aromatic rings. The lowest BCUT2D eigenvalue weighted by molar-refractivity contribution is 0.0946. The van der Waals surface area contributed by atoms with Crippen LogP contribution in [-0.2, 0) is 6.54 Å². The van der Waals surface area contributed by atoms with E-state index >= 15 is 4.39 Å². The molecule has 0 saturated heterocycles. The summed E-state index contributed by atoms with van der Waals surface area (Å²) in [5.74, 6) is 0.767. The fraction of sp³-hybridized carbons (Fsp3) is 0.192. The molecular weight excluding hydrogens is 524 g/mol. The van der Waals surface area contributed by atoms with Gasteiger partial charge in [0.25, 0.3) is 5.91 Å². The van der Waals surface area contributed by atoms with Crippen molar-refractivity contribution >= 4 is 57.5 Å². The number of carbonyl (C=O) groups excluding carboxylic acids is 1. The summed E-state index contributed by atoms with van der Waals surface area (Å²) in [6, 6.07) is 14.9. The topological polar surface area (TPSA) is 89.4 Å². The molecule has 0 saturated carbocycles. The molecule has 0 aliphatic rings. The van der Waals surface area contributed by atoms with Crippen molar-refractivity contribution in [2.45, 2.75) is 13.0 Å². The monoisotopic (exact) mass is 547 g/mol. The number of aromatic amines is 1. The predicted molar refractivity (Wildman–Crippen MR) is 145 cm³/mol. The largest absolute Gasteiger partial charge is 0.494 e. The van der Waals surface area contributed by atoms with Crippen LogP contribution in [-0.4, -0.2) is 29.5 Å². The van der Waals surface area contributed by atoms with Crippen molar-refractivity contribution in [3.63, 3.8) is 0 Å². The average molecular weight is 548 g/mol.